The number of hydrogen-bond acceptors (Lipinski definition) is 0. The van der Waals surface area contributed by atoms with Crippen LogP contribution in [0.5, 0.6) is 0 Å². The topological polar surface area (TPSA) is 0 Å². The van der Waals surface area contributed by atoms with Crippen molar-refractivity contribution in [2.45, 2.75) is 13.1 Å². The minimum atomic E-state index is -1.32. The third-order valence-corrected chi connectivity index (χ3v) is 5.58. The molecule has 66 valence electrons. The summed E-state index contributed by atoms with van der Waals surface area (Å²) in [6.07, 6.45) is 2.31. The van der Waals surface area contributed by atoms with Gasteiger partial charge in [-0.15, -0.1) is 6.58 Å². The molecule has 1 aliphatic rings. The Morgan fingerprint density at radius 2 is 1.92 bits per heavy atom. The Morgan fingerprint density at radius 1 is 1.23 bits per heavy atom. The van der Waals surface area contributed by atoms with Crippen LogP contribution in [0.3, 0.4) is 0 Å². The van der Waals surface area contributed by atoms with E-state index in [1.165, 1.54) is 16.3 Å². The highest BCUT2D eigenvalue weighted by molar-refractivity contribution is 7.00. The maximum atomic E-state index is 3.93. The standard InChI is InChI=1S/C12H14Si/c1-4-13(2,3)12-9-10-7-5-6-8-11(10)12/h4-9H,1H2,2-3H3. The second-order valence-electron chi connectivity index (χ2n) is 4.07. The molecule has 0 unspecified atom stereocenters. The normalized spacial score (nSPS) is 14.2. The number of fused-ring (bicyclic) bond motifs is 1. The molecule has 0 saturated heterocycles. The summed E-state index contributed by atoms with van der Waals surface area (Å²) in [6.45, 7) is 8.60. The fraction of sp³-hybridized carbons (Fsp3) is 0.167. The summed E-state index contributed by atoms with van der Waals surface area (Å²) in [5, 5.41) is 1.54. The van der Waals surface area contributed by atoms with Gasteiger partial charge in [0.1, 0.15) is 8.07 Å². The number of rotatable bonds is 2. The molecule has 0 amide bonds. The molecule has 0 fully saturated rings. The van der Waals surface area contributed by atoms with Crippen molar-refractivity contribution in [2.75, 3.05) is 0 Å². The molecule has 1 aromatic rings. The lowest BCUT2D eigenvalue weighted by Gasteiger charge is -2.30. The highest BCUT2D eigenvalue weighted by Crippen LogP contribution is 2.38. The van der Waals surface area contributed by atoms with Gasteiger partial charge in [-0.05, 0) is 16.3 Å². The molecule has 0 aliphatic heterocycles. The van der Waals surface area contributed by atoms with Gasteiger partial charge in [0.2, 0.25) is 0 Å². The first-order valence-electron chi connectivity index (χ1n) is 4.60. The number of hydrogen-bond donors (Lipinski definition) is 0. The van der Waals surface area contributed by atoms with E-state index in [-0.39, 0.29) is 0 Å². The van der Waals surface area contributed by atoms with Gasteiger partial charge in [0.15, 0.2) is 0 Å². The molecular formula is C12H14Si. The monoisotopic (exact) mass is 186 g/mol. The molecular weight excluding hydrogens is 172 g/mol. The first kappa shape index (κ1) is 8.51. The third kappa shape index (κ3) is 1.20. The second kappa shape index (κ2) is 2.71. The van der Waals surface area contributed by atoms with Crippen LogP contribution in [-0.4, -0.2) is 8.07 Å². The van der Waals surface area contributed by atoms with E-state index < -0.39 is 8.07 Å². The summed E-state index contributed by atoms with van der Waals surface area (Å²) < 4.78 is 0. The van der Waals surface area contributed by atoms with Crippen molar-refractivity contribution < 1.29 is 0 Å². The van der Waals surface area contributed by atoms with Crippen molar-refractivity contribution in [1.82, 2.24) is 0 Å². The van der Waals surface area contributed by atoms with Crippen LogP contribution in [0.1, 0.15) is 11.1 Å². The van der Waals surface area contributed by atoms with Crippen molar-refractivity contribution in [1.29, 1.82) is 0 Å². The maximum absolute atomic E-state index is 3.93. The Balaban J connectivity index is 2.40. The van der Waals surface area contributed by atoms with Crippen LogP contribution in [-0.2, 0) is 0 Å². The van der Waals surface area contributed by atoms with Crippen LogP contribution in [0.25, 0.3) is 11.3 Å². The van der Waals surface area contributed by atoms with E-state index in [9.17, 15) is 0 Å². The molecule has 0 atom stereocenters. The van der Waals surface area contributed by atoms with Crippen LogP contribution in [0.4, 0.5) is 0 Å². The van der Waals surface area contributed by atoms with Crippen molar-refractivity contribution in [3.05, 3.63) is 47.7 Å². The van der Waals surface area contributed by atoms with Gasteiger partial charge in [-0.2, -0.15) is 0 Å². The predicted molar refractivity (Wildman–Crippen MR) is 62.0 cm³/mol. The van der Waals surface area contributed by atoms with E-state index in [1.54, 1.807) is 0 Å². The zero-order chi connectivity index (χ0) is 9.47. The molecule has 0 nitrogen and oxygen atoms in total. The quantitative estimate of drug-likeness (QED) is 0.620. The lowest BCUT2D eigenvalue weighted by Crippen LogP contribution is -2.28. The van der Waals surface area contributed by atoms with Crippen molar-refractivity contribution in [3.63, 3.8) is 0 Å². The molecule has 1 aliphatic carbocycles. The largest absolute Gasteiger partial charge is 0.107 e. The minimum absolute atomic E-state index is 1.32. The molecule has 0 heterocycles. The molecule has 0 bridgehead atoms. The van der Waals surface area contributed by atoms with E-state index in [0.29, 0.717) is 0 Å². The third-order valence-electron chi connectivity index (χ3n) is 2.76. The van der Waals surface area contributed by atoms with E-state index in [1.807, 2.05) is 0 Å². The Kier molecular flexibility index (Phi) is 1.77. The summed E-state index contributed by atoms with van der Waals surface area (Å²) in [7, 11) is -1.32. The zero-order valence-corrected chi connectivity index (χ0v) is 9.17. The summed E-state index contributed by atoms with van der Waals surface area (Å²) >= 11 is 0. The van der Waals surface area contributed by atoms with Crippen LogP contribution in [0, 0.1) is 0 Å². The molecule has 0 N–H and O–H groups in total. The lowest BCUT2D eigenvalue weighted by atomic mass is 9.98. The van der Waals surface area contributed by atoms with Gasteiger partial charge in [-0.25, -0.2) is 0 Å². The molecule has 0 spiro atoms. The number of benzene rings is 1. The highest BCUT2D eigenvalue weighted by atomic mass is 28.3. The van der Waals surface area contributed by atoms with Gasteiger partial charge >= 0.3 is 0 Å². The Morgan fingerprint density at radius 3 is 2.54 bits per heavy atom. The summed E-state index contributed by atoms with van der Waals surface area (Å²) in [5.41, 5.74) is 4.98. The van der Waals surface area contributed by atoms with E-state index >= 15 is 0 Å². The molecule has 1 heteroatoms. The Hall–Kier alpha value is -1.08. The second-order valence-corrected chi connectivity index (χ2v) is 8.46. The van der Waals surface area contributed by atoms with E-state index in [2.05, 4.69) is 55.7 Å². The van der Waals surface area contributed by atoms with Crippen LogP contribution in [0.15, 0.2) is 36.5 Å². The van der Waals surface area contributed by atoms with Crippen molar-refractivity contribution >= 4 is 19.3 Å². The zero-order valence-electron chi connectivity index (χ0n) is 8.17. The molecule has 0 aromatic heterocycles. The van der Waals surface area contributed by atoms with Gasteiger partial charge in [-0.3, -0.25) is 0 Å². The summed E-state index contributed by atoms with van der Waals surface area (Å²) in [5.74, 6) is 0. The first-order chi connectivity index (χ1) is 6.15. The lowest BCUT2D eigenvalue weighted by molar-refractivity contribution is 1.54. The van der Waals surface area contributed by atoms with Gasteiger partial charge in [-0.1, -0.05) is 49.1 Å². The fourth-order valence-electron chi connectivity index (χ4n) is 1.67. The molecule has 1 aromatic carbocycles. The van der Waals surface area contributed by atoms with E-state index in [4.69, 9.17) is 0 Å². The van der Waals surface area contributed by atoms with Gasteiger partial charge in [0.25, 0.3) is 0 Å². The summed E-state index contributed by atoms with van der Waals surface area (Å²) in [6, 6.07) is 8.59. The molecule has 0 saturated carbocycles. The van der Waals surface area contributed by atoms with Crippen molar-refractivity contribution in [3.8, 4) is 0 Å². The minimum Gasteiger partial charge on any atom is -0.107 e. The van der Waals surface area contributed by atoms with E-state index in [0.717, 1.165) is 0 Å². The molecule has 13 heavy (non-hydrogen) atoms. The van der Waals surface area contributed by atoms with Gasteiger partial charge in [0.05, 0.1) is 0 Å². The highest BCUT2D eigenvalue weighted by Gasteiger charge is 2.29. The average molecular weight is 186 g/mol. The molecule has 0 radical (unpaired) electrons. The first-order valence-corrected chi connectivity index (χ1v) is 7.68. The smallest absolute Gasteiger partial charge is 0.104 e. The van der Waals surface area contributed by atoms with Gasteiger partial charge < -0.3 is 0 Å². The van der Waals surface area contributed by atoms with Crippen LogP contribution < -0.4 is 0 Å². The summed E-state index contributed by atoms with van der Waals surface area (Å²) in [4.78, 5) is 0. The van der Waals surface area contributed by atoms with Gasteiger partial charge in [0, 0.05) is 0 Å². The molecule has 2 rings (SSSR count). The SMILES string of the molecule is C=C[Si](C)(C)C1=Cc2ccccc21. The van der Waals surface area contributed by atoms with Crippen LogP contribution in [0.2, 0.25) is 13.1 Å². The average Bonchev–Trinajstić information content (AvgIpc) is 2.07. The van der Waals surface area contributed by atoms with Crippen LogP contribution >= 0.6 is 0 Å². The Bertz CT molecular complexity index is 386. The predicted octanol–water partition coefficient (Wildman–Crippen LogP) is 3.51. The Labute approximate surface area is 80.6 Å². The maximum Gasteiger partial charge on any atom is 0.104 e. The van der Waals surface area contributed by atoms with Crippen molar-refractivity contribution in [2.24, 2.45) is 0 Å². The fourth-order valence-corrected chi connectivity index (χ4v) is 3.34.